The van der Waals surface area contributed by atoms with Gasteiger partial charge in [0.25, 0.3) is 0 Å². The van der Waals surface area contributed by atoms with Crippen molar-refractivity contribution in [2.45, 2.75) is 25.9 Å². The lowest BCUT2D eigenvalue weighted by atomic mass is 10.0. The van der Waals surface area contributed by atoms with E-state index in [9.17, 15) is 9.59 Å². The number of carbonyl (C=O) groups is 2. The van der Waals surface area contributed by atoms with Gasteiger partial charge < -0.3 is 20.7 Å². The number of hydrogen-bond acceptors (Lipinski definition) is 4. The Morgan fingerprint density at radius 3 is 2.35 bits per heavy atom. The first-order valence-electron chi connectivity index (χ1n) is 7.48. The highest BCUT2D eigenvalue weighted by atomic mass is 35.5. The van der Waals surface area contributed by atoms with Gasteiger partial charge in [0.05, 0.1) is 13.2 Å². The molecule has 0 radical (unpaired) electrons. The highest BCUT2D eigenvalue weighted by molar-refractivity contribution is 5.90. The summed E-state index contributed by atoms with van der Waals surface area (Å²) in [5.41, 5.74) is 7.79. The van der Waals surface area contributed by atoms with Crippen molar-refractivity contribution in [3.05, 3.63) is 35.4 Å². The van der Waals surface area contributed by atoms with Crippen molar-refractivity contribution in [1.82, 2.24) is 10.2 Å². The number of nitrogens with two attached hydrogens (primary N) is 1. The maximum Gasteiger partial charge on any atom is 0.245 e. The molecular weight excluding hydrogens is 318 g/mol. The lowest BCUT2D eigenvalue weighted by molar-refractivity contribution is -0.139. The largest absolute Gasteiger partial charge is 0.378 e. The van der Waals surface area contributed by atoms with E-state index in [1.54, 1.807) is 11.8 Å². The maximum absolute atomic E-state index is 12.3. The molecule has 1 saturated heterocycles. The number of morpholine rings is 1. The third kappa shape index (κ3) is 5.20. The second-order valence-electron chi connectivity index (χ2n) is 5.56. The minimum atomic E-state index is -0.777. The van der Waals surface area contributed by atoms with E-state index in [1.807, 2.05) is 31.2 Å². The Kier molecular flexibility index (Phi) is 7.48. The van der Waals surface area contributed by atoms with Gasteiger partial charge in [-0.3, -0.25) is 9.59 Å². The van der Waals surface area contributed by atoms with Crippen LogP contribution in [0.3, 0.4) is 0 Å². The van der Waals surface area contributed by atoms with Gasteiger partial charge >= 0.3 is 0 Å². The summed E-state index contributed by atoms with van der Waals surface area (Å²) in [7, 11) is 0. The van der Waals surface area contributed by atoms with Crippen LogP contribution in [0.25, 0.3) is 0 Å². The molecule has 2 unspecified atom stereocenters. The van der Waals surface area contributed by atoms with Crippen LogP contribution in [-0.2, 0) is 14.3 Å². The number of nitrogens with one attached hydrogen (secondary N) is 1. The number of nitrogens with zero attached hydrogens (tertiary/aromatic N) is 1. The fourth-order valence-corrected chi connectivity index (χ4v) is 2.35. The number of rotatable bonds is 4. The Bertz CT molecular complexity index is 530. The molecule has 1 aromatic carbocycles. The summed E-state index contributed by atoms with van der Waals surface area (Å²) in [5, 5.41) is 2.69. The number of aryl methyl sites for hydroxylation is 1. The van der Waals surface area contributed by atoms with Crippen molar-refractivity contribution >= 4 is 24.2 Å². The molecule has 3 N–H and O–H groups in total. The van der Waals surface area contributed by atoms with Crippen molar-refractivity contribution in [3.63, 3.8) is 0 Å². The molecule has 1 fully saturated rings. The third-order valence-electron chi connectivity index (χ3n) is 3.77. The maximum atomic E-state index is 12.3. The fourth-order valence-electron chi connectivity index (χ4n) is 2.35. The van der Waals surface area contributed by atoms with Gasteiger partial charge in [-0.1, -0.05) is 29.8 Å². The Labute approximate surface area is 142 Å². The van der Waals surface area contributed by atoms with Crippen LogP contribution in [0.5, 0.6) is 0 Å². The zero-order valence-corrected chi connectivity index (χ0v) is 14.3. The molecule has 1 aliphatic rings. The van der Waals surface area contributed by atoms with Crippen LogP contribution in [0.1, 0.15) is 24.1 Å². The summed E-state index contributed by atoms with van der Waals surface area (Å²) in [4.78, 5) is 26.1. The molecule has 0 saturated carbocycles. The molecule has 128 valence electrons. The summed E-state index contributed by atoms with van der Waals surface area (Å²) in [5.74, 6) is -0.453. The molecule has 0 spiro atoms. The van der Waals surface area contributed by atoms with E-state index in [2.05, 4.69) is 5.32 Å². The number of carbonyl (C=O) groups excluding carboxylic acids is 2. The standard InChI is InChI=1S/C16H23N3O3.ClH/c1-11-3-5-13(6-4-11)14(17)15(20)18-12(2)16(21)19-7-9-22-10-8-19;/h3-6,12,14H,7-10,17H2,1-2H3,(H,18,20);1H. The van der Waals surface area contributed by atoms with E-state index in [0.29, 0.717) is 26.3 Å². The first kappa shape index (κ1) is 19.4. The topological polar surface area (TPSA) is 84.7 Å². The van der Waals surface area contributed by atoms with Gasteiger partial charge in [-0.2, -0.15) is 0 Å². The first-order valence-corrected chi connectivity index (χ1v) is 7.48. The van der Waals surface area contributed by atoms with E-state index in [-0.39, 0.29) is 24.2 Å². The molecule has 7 heteroatoms. The summed E-state index contributed by atoms with van der Waals surface area (Å²) in [6, 6.07) is 6.10. The molecule has 1 aliphatic heterocycles. The Morgan fingerprint density at radius 2 is 1.78 bits per heavy atom. The van der Waals surface area contributed by atoms with E-state index < -0.39 is 12.1 Å². The van der Waals surface area contributed by atoms with E-state index in [4.69, 9.17) is 10.5 Å². The van der Waals surface area contributed by atoms with Gasteiger partial charge in [-0.05, 0) is 19.4 Å². The first-order chi connectivity index (χ1) is 10.5. The van der Waals surface area contributed by atoms with Crippen molar-refractivity contribution < 1.29 is 14.3 Å². The monoisotopic (exact) mass is 341 g/mol. The second-order valence-corrected chi connectivity index (χ2v) is 5.56. The van der Waals surface area contributed by atoms with Gasteiger partial charge in [0.1, 0.15) is 12.1 Å². The van der Waals surface area contributed by atoms with Crippen LogP contribution in [0.4, 0.5) is 0 Å². The Hall–Kier alpha value is -1.63. The minimum absolute atomic E-state index is 0. The van der Waals surface area contributed by atoms with Crippen molar-refractivity contribution in [2.75, 3.05) is 26.3 Å². The van der Waals surface area contributed by atoms with E-state index >= 15 is 0 Å². The molecule has 0 bridgehead atoms. The molecule has 0 aliphatic carbocycles. The van der Waals surface area contributed by atoms with Gasteiger partial charge in [-0.15, -0.1) is 12.4 Å². The number of ether oxygens (including phenoxy) is 1. The van der Waals surface area contributed by atoms with Crippen molar-refractivity contribution in [2.24, 2.45) is 5.73 Å². The van der Waals surface area contributed by atoms with Gasteiger partial charge in [0.15, 0.2) is 0 Å². The van der Waals surface area contributed by atoms with Crippen molar-refractivity contribution in [3.8, 4) is 0 Å². The zero-order chi connectivity index (χ0) is 16.1. The molecule has 2 rings (SSSR count). The van der Waals surface area contributed by atoms with Crippen LogP contribution < -0.4 is 11.1 Å². The summed E-state index contributed by atoms with van der Waals surface area (Å²) in [6.45, 7) is 5.84. The van der Waals surface area contributed by atoms with Gasteiger partial charge in [-0.25, -0.2) is 0 Å². The third-order valence-corrected chi connectivity index (χ3v) is 3.77. The number of hydrogen-bond donors (Lipinski definition) is 2. The summed E-state index contributed by atoms with van der Waals surface area (Å²) >= 11 is 0. The minimum Gasteiger partial charge on any atom is -0.378 e. The lowest BCUT2D eigenvalue weighted by Crippen LogP contribution is -2.51. The average molecular weight is 342 g/mol. The van der Waals surface area contributed by atoms with Crippen LogP contribution >= 0.6 is 12.4 Å². The molecule has 2 atom stereocenters. The highest BCUT2D eigenvalue weighted by Crippen LogP contribution is 2.12. The van der Waals surface area contributed by atoms with Crippen LogP contribution in [0.2, 0.25) is 0 Å². The summed E-state index contributed by atoms with van der Waals surface area (Å²) < 4.78 is 5.22. The van der Waals surface area contributed by atoms with Gasteiger partial charge in [0, 0.05) is 13.1 Å². The van der Waals surface area contributed by atoms with E-state index in [1.165, 1.54) is 0 Å². The van der Waals surface area contributed by atoms with Crippen molar-refractivity contribution in [1.29, 1.82) is 0 Å². The SMILES string of the molecule is Cc1ccc(C(N)C(=O)NC(C)C(=O)N2CCOCC2)cc1.Cl. The molecule has 1 aromatic rings. The number of halogens is 1. The quantitative estimate of drug-likeness (QED) is 0.847. The molecule has 0 aromatic heterocycles. The Morgan fingerprint density at radius 1 is 1.22 bits per heavy atom. The zero-order valence-electron chi connectivity index (χ0n) is 13.5. The van der Waals surface area contributed by atoms with Gasteiger partial charge in [0.2, 0.25) is 11.8 Å². The van der Waals surface area contributed by atoms with Crippen LogP contribution in [-0.4, -0.2) is 49.1 Å². The molecule has 1 heterocycles. The molecule has 23 heavy (non-hydrogen) atoms. The molecule has 2 amide bonds. The molecule has 6 nitrogen and oxygen atoms in total. The molecular formula is C16H24ClN3O3. The second kappa shape index (κ2) is 8.86. The van der Waals surface area contributed by atoms with E-state index in [0.717, 1.165) is 11.1 Å². The fraction of sp³-hybridized carbons (Fsp3) is 0.500. The lowest BCUT2D eigenvalue weighted by Gasteiger charge is -2.29. The predicted octanol–water partition coefficient (Wildman–Crippen LogP) is 0.780. The normalized spacial score (nSPS) is 16.9. The number of benzene rings is 1. The smallest absolute Gasteiger partial charge is 0.245 e. The van der Waals surface area contributed by atoms with Crippen LogP contribution in [0.15, 0.2) is 24.3 Å². The Balaban J connectivity index is 0.00000264. The summed E-state index contributed by atoms with van der Waals surface area (Å²) in [6.07, 6.45) is 0. The highest BCUT2D eigenvalue weighted by Gasteiger charge is 2.25. The predicted molar refractivity (Wildman–Crippen MR) is 90.4 cm³/mol. The average Bonchev–Trinajstić information content (AvgIpc) is 2.54. The van der Waals surface area contributed by atoms with Crippen LogP contribution in [0, 0.1) is 6.92 Å². The number of amides is 2.